The molecular weight excluding hydrogens is 799 g/mol. The van der Waals surface area contributed by atoms with Crippen molar-refractivity contribution in [1.29, 1.82) is 0 Å². The van der Waals surface area contributed by atoms with Gasteiger partial charge in [0.15, 0.2) is 18.4 Å². The zero-order valence-corrected chi connectivity index (χ0v) is 36.2. The summed E-state index contributed by atoms with van der Waals surface area (Å²) >= 11 is 0. The van der Waals surface area contributed by atoms with Crippen LogP contribution in [-0.4, -0.2) is 107 Å². The van der Waals surface area contributed by atoms with Gasteiger partial charge in [0.25, 0.3) is 5.91 Å². The van der Waals surface area contributed by atoms with E-state index in [1.807, 2.05) is 48.5 Å². The lowest BCUT2D eigenvalue weighted by molar-refractivity contribution is -0.239. The fourth-order valence-corrected chi connectivity index (χ4v) is 9.03. The maximum Gasteiger partial charge on any atom is 0.303 e. The van der Waals surface area contributed by atoms with E-state index >= 15 is 0 Å². The van der Waals surface area contributed by atoms with Gasteiger partial charge in [-0.05, 0) is 51.5 Å². The highest BCUT2D eigenvalue weighted by molar-refractivity contribution is 6.02. The van der Waals surface area contributed by atoms with Crippen molar-refractivity contribution in [2.45, 2.75) is 98.1 Å². The van der Waals surface area contributed by atoms with Crippen LogP contribution in [0.1, 0.15) is 94.4 Å². The normalized spacial score (nSPS) is 20.6. The minimum Gasteiger partial charge on any atom is -0.463 e. The molecule has 328 valence electrons. The molecule has 3 aliphatic heterocycles. The summed E-state index contributed by atoms with van der Waals surface area (Å²) in [6.07, 6.45) is -3.39. The molecule has 3 aromatic carbocycles. The van der Waals surface area contributed by atoms with Crippen LogP contribution in [0.3, 0.4) is 0 Å². The van der Waals surface area contributed by atoms with Crippen LogP contribution in [0.2, 0.25) is 0 Å². The molecule has 0 radical (unpaired) electrons. The fraction of sp³-hybridized carbons (Fsp3) is 0.444. The molecule has 17 nitrogen and oxygen atoms in total. The lowest BCUT2D eigenvalue weighted by atomic mass is 9.74. The van der Waals surface area contributed by atoms with Crippen molar-refractivity contribution >= 4 is 41.1 Å². The third-order valence-electron chi connectivity index (χ3n) is 11.6. The van der Waals surface area contributed by atoms with E-state index in [1.54, 1.807) is 11.1 Å². The number of benzene rings is 3. The fourth-order valence-electron chi connectivity index (χ4n) is 9.03. The largest absolute Gasteiger partial charge is 0.463 e. The molecule has 0 saturated carbocycles. The number of hydrogen-bond acceptors (Lipinski definition) is 14. The maximum absolute atomic E-state index is 15.0. The van der Waals surface area contributed by atoms with Gasteiger partial charge in [0.05, 0.1) is 12.7 Å². The quantitative estimate of drug-likeness (QED) is 0.134. The van der Waals surface area contributed by atoms with Gasteiger partial charge in [0.2, 0.25) is 5.91 Å². The second-order valence-corrected chi connectivity index (χ2v) is 15.4. The lowest BCUT2D eigenvalue weighted by Gasteiger charge is -2.45. The average molecular weight is 852 g/mol. The van der Waals surface area contributed by atoms with Crippen molar-refractivity contribution in [3.05, 3.63) is 94.8 Å². The van der Waals surface area contributed by atoms with Gasteiger partial charge in [0, 0.05) is 94.1 Å². The Bertz CT molecular complexity index is 2300. The van der Waals surface area contributed by atoms with Gasteiger partial charge >= 0.3 is 17.9 Å². The van der Waals surface area contributed by atoms with E-state index in [-0.39, 0.29) is 19.1 Å². The Morgan fingerprint density at radius 2 is 1.35 bits per heavy atom. The molecule has 4 heterocycles. The summed E-state index contributed by atoms with van der Waals surface area (Å²) < 4.78 is 31.2. The molecule has 7 rings (SSSR count). The summed E-state index contributed by atoms with van der Waals surface area (Å²) in [5.74, 6) is -1.59. The summed E-state index contributed by atoms with van der Waals surface area (Å²) in [6, 6.07) is 18.7. The van der Waals surface area contributed by atoms with Gasteiger partial charge in [-0.2, -0.15) is 0 Å². The van der Waals surface area contributed by atoms with E-state index in [2.05, 4.69) is 65.3 Å². The number of hydrogen-bond donors (Lipinski definition) is 1. The predicted octanol–water partition coefficient (Wildman–Crippen LogP) is 4.85. The van der Waals surface area contributed by atoms with Crippen molar-refractivity contribution < 1.29 is 47.7 Å². The van der Waals surface area contributed by atoms with E-state index in [9.17, 15) is 24.0 Å². The molecule has 62 heavy (non-hydrogen) atoms. The van der Waals surface area contributed by atoms with E-state index in [0.29, 0.717) is 22.8 Å². The molecule has 0 bridgehead atoms. The molecule has 1 aromatic heterocycles. The number of nitrogens with one attached hydrogen (secondary N) is 1. The van der Waals surface area contributed by atoms with Crippen LogP contribution in [-0.2, 0) is 50.2 Å². The molecule has 1 fully saturated rings. The Hall–Kier alpha value is -6.49. The Morgan fingerprint density at radius 3 is 1.90 bits per heavy atom. The second kappa shape index (κ2) is 17.8. The van der Waals surface area contributed by atoms with Crippen LogP contribution >= 0.6 is 0 Å². The number of ether oxygens (including phenoxy) is 5. The number of nitrogens with zero attached hydrogens (tertiary/aromatic N) is 6. The van der Waals surface area contributed by atoms with Gasteiger partial charge in [-0.25, -0.2) is 4.68 Å². The Labute approximate surface area is 360 Å². The van der Waals surface area contributed by atoms with Crippen molar-refractivity contribution in [2.75, 3.05) is 42.6 Å². The molecule has 1 saturated heterocycles. The standard InChI is InChI=1S/C45H53N7O10/c1-9-49(10-2)31-17-19-35-37(21-31)61-38-22-32(50(11-3)12-4)18-20-36(38)45(35)34-16-14-13-15-33(34)43(57)51(45)23-30-24-52(48-47-30)44-40(46-26(5)53)42(60-29(8)56)41(59-28(7)55)39(62-44)25-58-27(6)54/h13-22,24,39-42,44H,9-12,23,25H2,1-8H3,(H,46,53). The van der Waals surface area contributed by atoms with Crippen LogP contribution in [0.5, 0.6) is 11.5 Å². The third kappa shape index (κ3) is 7.92. The van der Waals surface area contributed by atoms with Crippen LogP contribution in [0.25, 0.3) is 0 Å². The molecule has 1 N–H and O–H groups in total. The Balaban J connectivity index is 1.36. The van der Waals surface area contributed by atoms with Crippen molar-refractivity contribution in [3.63, 3.8) is 0 Å². The number of fused-ring (bicyclic) bond motifs is 6. The lowest BCUT2D eigenvalue weighted by Crippen LogP contribution is -2.64. The van der Waals surface area contributed by atoms with Crippen molar-refractivity contribution in [2.24, 2.45) is 0 Å². The average Bonchev–Trinajstić information content (AvgIpc) is 3.80. The van der Waals surface area contributed by atoms with E-state index in [1.165, 1.54) is 32.4 Å². The summed E-state index contributed by atoms with van der Waals surface area (Å²) in [5, 5.41) is 11.7. The zero-order chi connectivity index (χ0) is 44.5. The molecule has 5 atom stereocenters. The summed E-state index contributed by atoms with van der Waals surface area (Å²) in [5.41, 5.74) is 4.00. The van der Waals surface area contributed by atoms with Crippen molar-refractivity contribution in [3.8, 4) is 11.5 Å². The van der Waals surface area contributed by atoms with Gasteiger partial charge in [0.1, 0.15) is 41.5 Å². The first-order chi connectivity index (χ1) is 29.7. The molecule has 5 unspecified atom stereocenters. The van der Waals surface area contributed by atoms with Crippen LogP contribution in [0.4, 0.5) is 11.4 Å². The number of amides is 2. The zero-order valence-electron chi connectivity index (χ0n) is 36.2. The minimum absolute atomic E-state index is 0.0418. The number of rotatable bonds is 14. The topological polar surface area (TPSA) is 184 Å². The Kier molecular flexibility index (Phi) is 12.6. The van der Waals surface area contributed by atoms with Gasteiger partial charge in [-0.3, -0.25) is 24.0 Å². The molecule has 0 aliphatic carbocycles. The maximum atomic E-state index is 15.0. The highest BCUT2D eigenvalue weighted by Gasteiger charge is 2.57. The van der Waals surface area contributed by atoms with Gasteiger partial charge in [-0.1, -0.05) is 35.5 Å². The summed E-state index contributed by atoms with van der Waals surface area (Å²) in [4.78, 5) is 70.7. The van der Waals surface area contributed by atoms with Crippen LogP contribution < -0.4 is 19.9 Å². The molecule has 3 aliphatic rings. The van der Waals surface area contributed by atoms with Crippen LogP contribution in [0, 0.1) is 0 Å². The molecule has 4 aromatic rings. The minimum atomic E-state index is -1.30. The number of aromatic nitrogens is 3. The summed E-state index contributed by atoms with van der Waals surface area (Å²) in [6.45, 7) is 16.0. The highest BCUT2D eigenvalue weighted by Crippen LogP contribution is 2.58. The molecule has 2 amide bonds. The first-order valence-electron chi connectivity index (χ1n) is 20.9. The molecule has 1 spiro atoms. The number of esters is 3. The number of carbonyl (C=O) groups excluding carboxylic acids is 5. The first kappa shape index (κ1) is 43.6. The molecule has 17 heteroatoms. The first-order valence-corrected chi connectivity index (χ1v) is 20.9. The van der Waals surface area contributed by atoms with Gasteiger partial charge < -0.3 is 43.7 Å². The second-order valence-electron chi connectivity index (χ2n) is 15.4. The highest BCUT2D eigenvalue weighted by atomic mass is 16.6. The predicted molar refractivity (Wildman–Crippen MR) is 226 cm³/mol. The van der Waals surface area contributed by atoms with Gasteiger partial charge in [-0.15, -0.1) is 5.10 Å². The van der Waals surface area contributed by atoms with E-state index < -0.39 is 59.9 Å². The summed E-state index contributed by atoms with van der Waals surface area (Å²) in [7, 11) is 0. The smallest absolute Gasteiger partial charge is 0.303 e. The Morgan fingerprint density at radius 1 is 0.774 bits per heavy atom. The van der Waals surface area contributed by atoms with E-state index in [0.717, 1.165) is 54.2 Å². The van der Waals surface area contributed by atoms with E-state index in [4.69, 9.17) is 23.7 Å². The van der Waals surface area contributed by atoms with Crippen LogP contribution in [0.15, 0.2) is 66.9 Å². The monoisotopic (exact) mass is 851 g/mol. The molecular formula is C45H53N7O10. The SMILES string of the molecule is CCN(CC)c1ccc2c(c1)Oc1cc(N(CC)CC)ccc1C21c2ccccc2C(=O)N1Cc1cn(C2OC(COC(C)=O)C(OC(C)=O)C(OC(C)=O)C2NC(C)=O)nn1. The third-order valence-corrected chi connectivity index (χ3v) is 11.6. The number of anilines is 2. The van der Waals surface area contributed by atoms with Crippen molar-refractivity contribution in [1.82, 2.24) is 25.2 Å². The number of carbonyl (C=O) groups is 5.